The van der Waals surface area contributed by atoms with Gasteiger partial charge in [-0.25, -0.2) is 0 Å². The van der Waals surface area contributed by atoms with Gasteiger partial charge in [0.25, 0.3) is 0 Å². The molecule has 0 aliphatic rings. The minimum absolute atomic E-state index is 0.0603. The fourth-order valence-corrected chi connectivity index (χ4v) is 3.16. The van der Waals surface area contributed by atoms with Crippen molar-refractivity contribution in [1.82, 2.24) is 0 Å². The molecule has 0 amide bonds. The van der Waals surface area contributed by atoms with E-state index >= 15 is 0 Å². The molecule has 0 saturated carbocycles. The SMILES string of the molecule is O=C(c1ccc2oc3ccc(Cl)cc3c(=O)c2c1)c1cc(Cl)ccc1O. The molecule has 0 aliphatic carbocycles. The fraction of sp³-hybridized carbons (Fsp3) is 0. The van der Waals surface area contributed by atoms with Crippen molar-refractivity contribution in [2.45, 2.75) is 0 Å². The molecule has 0 radical (unpaired) electrons. The summed E-state index contributed by atoms with van der Waals surface area (Å²) in [5.74, 6) is -0.630. The molecular weight excluding hydrogens is 375 g/mol. The number of carbonyl (C=O) groups excluding carboxylic acids is 1. The molecule has 0 bridgehead atoms. The van der Waals surface area contributed by atoms with E-state index in [4.69, 9.17) is 27.6 Å². The van der Waals surface area contributed by atoms with Crippen LogP contribution in [0.3, 0.4) is 0 Å². The van der Waals surface area contributed by atoms with Crippen molar-refractivity contribution in [3.05, 3.63) is 86.0 Å². The van der Waals surface area contributed by atoms with Crippen LogP contribution in [-0.2, 0) is 0 Å². The predicted molar refractivity (Wildman–Crippen MR) is 102 cm³/mol. The first kappa shape index (κ1) is 16.6. The van der Waals surface area contributed by atoms with Crippen LogP contribution in [-0.4, -0.2) is 10.9 Å². The van der Waals surface area contributed by atoms with Crippen LogP contribution in [0.4, 0.5) is 0 Å². The number of phenolic OH excluding ortho intramolecular Hbond substituents is 1. The quantitative estimate of drug-likeness (QED) is 0.381. The first-order valence-corrected chi connectivity index (χ1v) is 8.39. The Labute approximate surface area is 157 Å². The zero-order chi connectivity index (χ0) is 18.4. The average molecular weight is 385 g/mol. The first-order valence-electron chi connectivity index (χ1n) is 7.63. The van der Waals surface area contributed by atoms with Crippen molar-refractivity contribution >= 4 is 50.9 Å². The van der Waals surface area contributed by atoms with Crippen molar-refractivity contribution in [1.29, 1.82) is 0 Å². The number of carbonyl (C=O) groups is 1. The highest BCUT2D eigenvalue weighted by Crippen LogP contribution is 2.26. The molecule has 0 aliphatic heterocycles. The molecule has 6 heteroatoms. The van der Waals surface area contributed by atoms with Crippen LogP contribution in [0.15, 0.2) is 63.8 Å². The molecule has 1 N–H and O–H groups in total. The first-order chi connectivity index (χ1) is 12.4. The molecule has 1 aromatic heterocycles. The molecule has 4 aromatic rings. The summed E-state index contributed by atoms with van der Waals surface area (Å²) in [6.07, 6.45) is 0. The van der Waals surface area contributed by atoms with Crippen LogP contribution < -0.4 is 5.43 Å². The van der Waals surface area contributed by atoms with Crippen molar-refractivity contribution in [2.24, 2.45) is 0 Å². The molecule has 0 saturated heterocycles. The van der Waals surface area contributed by atoms with Gasteiger partial charge in [-0.3, -0.25) is 9.59 Å². The molecular formula is C20H10Cl2O4. The average Bonchev–Trinajstić information content (AvgIpc) is 2.64. The Hall–Kier alpha value is -2.82. The van der Waals surface area contributed by atoms with Gasteiger partial charge in [-0.15, -0.1) is 0 Å². The number of benzene rings is 3. The molecule has 4 rings (SSSR count). The summed E-state index contributed by atoms with van der Waals surface area (Å²) in [7, 11) is 0. The number of ketones is 1. The highest BCUT2D eigenvalue weighted by atomic mass is 35.5. The summed E-state index contributed by atoms with van der Waals surface area (Å²) >= 11 is 11.9. The van der Waals surface area contributed by atoms with Crippen molar-refractivity contribution < 1.29 is 14.3 Å². The lowest BCUT2D eigenvalue weighted by Gasteiger charge is -2.06. The van der Waals surface area contributed by atoms with Gasteiger partial charge < -0.3 is 9.52 Å². The zero-order valence-corrected chi connectivity index (χ0v) is 14.6. The Morgan fingerprint density at radius 3 is 2.23 bits per heavy atom. The third-order valence-corrected chi connectivity index (χ3v) is 4.57. The Morgan fingerprint density at radius 2 is 1.46 bits per heavy atom. The van der Waals surface area contributed by atoms with Gasteiger partial charge in [-0.2, -0.15) is 0 Å². The molecule has 4 nitrogen and oxygen atoms in total. The van der Waals surface area contributed by atoms with Crippen LogP contribution in [0.5, 0.6) is 5.75 Å². The maximum absolute atomic E-state index is 12.8. The standard InChI is InChI=1S/C20H10Cl2O4/c21-11-2-4-16(23)13(8-11)19(24)10-1-5-17-14(7-10)20(25)15-9-12(22)3-6-18(15)26-17/h1-9,23H. The number of rotatable bonds is 2. The number of phenols is 1. The summed E-state index contributed by atoms with van der Waals surface area (Å²) < 4.78 is 5.72. The minimum Gasteiger partial charge on any atom is -0.507 e. The van der Waals surface area contributed by atoms with E-state index in [0.29, 0.717) is 26.6 Å². The maximum Gasteiger partial charge on any atom is 0.200 e. The lowest BCUT2D eigenvalue weighted by molar-refractivity contribution is 0.103. The van der Waals surface area contributed by atoms with E-state index in [9.17, 15) is 14.7 Å². The van der Waals surface area contributed by atoms with Gasteiger partial charge in [-0.1, -0.05) is 23.2 Å². The van der Waals surface area contributed by atoms with Gasteiger partial charge >= 0.3 is 0 Å². The summed E-state index contributed by atoms with van der Waals surface area (Å²) in [5, 5.41) is 11.3. The number of hydrogen-bond acceptors (Lipinski definition) is 4. The van der Waals surface area contributed by atoms with Gasteiger partial charge in [0.2, 0.25) is 5.43 Å². The van der Waals surface area contributed by atoms with E-state index in [1.807, 2.05) is 0 Å². The monoisotopic (exact) mass is 384 g/mol. The lowest BCUT2D eigenvalue weighted by atomic mass is 10.0. The van der Waals surface area contributed by atoms with E-state index in [-0.39, 0.29) is 27.7 Å². The lowest BCUT2D eigenvalue weighted by Crippen LogP contribution is -2.06. The molecule has 0 atom stereocenters. The van der Waals surface area contributed by atoms with Crippen LogP contribution in [0.1, 0.15) is 15.9 Å². The Balaban J connectivity index is 1.93. The normalized spacial score (nSPS) is 11.2. The summed E-state index contributed by atoms with van der Waals surface area (Å²) in [4.78, 5) is 25.5. The Morgan fingerprint density at radius 1 is 0.846 bits per heavy atom. The molecule has 0 fully saturated rings. The van der Waals surface area contributed by atoms with E-state index < -0.39 is 5.78 Å². The highest BCUT2D eigenvalue weighted by molar-refractivity contribution is 6.31. The van der Waals surface area contributed by atoms with Crippen LogP contribution in [0, 0.1) is 0 Å². The van der Waals surface area contributed by atoms with Crippen LogP contribution >= 0.6 is 23.2 Å². The minimum atomic E-state index is -0.447. The molecule has 1 heterocycles. The Kier molecular flexibility index (Phi) is 3.94. The molecule has 0 unspecified atom stereocenters. The van der Waals surface area contributed by atoms with Gasteiger partial charge in [0.05, 0.1) is 16.3 Å². The molecule has 3 aromatic carbocycles. The van der Waals surface area contributed by atoms with Crippen molar-refractivity contribution in [3.8, 4) is 5.75 Å². The van der Waals surface area contributed by atoms with Gasteiger partial charge in [0.1, 0.15) is 16.9 Å². The molecule has 26 heavy (non-hydrogen) atoms. The van der Waals surface area contributed by atoms with Crippen molar-refractivity contribution in [2.75, 3.05) is 0 Å². The highest BCUT2D eigenvalue weighted by Gasteiger charge is 2.16. The third kappa shape index (κ3) is 2.73. The molecule has 0 spiro atoms. The van der Waals surface area contributed by atoms with E-state index in [1.54, 1.807) is 18.2 Å². The largest absolute Gasteiger partial charge is 0.507 e. The number of aromatic hydroxyl groups is 1. The number of halogens is 2. The summed E-state index contributed by atoms with van der Waals surface area (Å²) in [6, 6.07) is 13.5. The van der Waals surface area contributed by atoms with E-state index in [0.717, 1.165) is 0 Å². The van der Waals surface area contributed by atoms with Gasteiger partial charge in [-0.05, 0) is 54.6 Å². The second kappa shape index (κ2) is 6.16. The predicted octanol–water partition coefficient (Wildman–Crippen LogP) is 5.19. The number of fused-ring (bicyclic) bond motifs is 2. The van der Waals surface area contributed by atoms with Crippen molar-refractivity contribution in [3.63, 3.8) is 0 Å². The van der Waals surface area contributed by atoms with Gasteiger partial charge in [0.15, 0.2) is 5.78 Å². The van der Waals surface area contributed by atoms with E-state index in [2.05, 4.69) is 0 Å². The fourth-order valence-electron chi connectivity index (χ4n) is 2.82. The second-order valence-electron chi connectivity index (χ2n) is 5.77. The third-order valence-electron chi connectivity index (χ3n) is 4.10. The second-order valence-corrected chi connectivity index (χ2v) is 6.65. The zero-order valence-electron chi connectivity index (χ0n) is 13.1. The topological polar surface area (TPSA) is 67.5 Å². The smallest absolute Gasteiger partial charge is 0.200 e. The van der Waals surface area contributed by atoms with Gasteiger partial charge in [0, 0.05) is 15.6 Å². The summed E-state index contributed by atoms with van der Waals surface area (Å²) in [6.45, 7) is 0. The van der Waals surface area contributed by atoms with Crippen LogP contribution in [0.25, 0.3) is 21.9 Å². The molecule has 128 valence electrons. The Bertz CT molecular complexity index is 1260. The van der Waals surface area contributed by atoms with E-state index in [1.165, 1.54) is 36.4 Å². The maximum atomic E-state index is 12.8. The summed E-state index contributed by atoms with van der Waals surface area (Å²) in [5.41, 5.74) is 0.790. The van der Waals surface area contributed by atoms with Crippen LogP contribution in [0.2, 0.25) is 10.0 Å². The number of hydrogen-bond donors (Lipinski definition) is 1.